The summed E-state index contributed by atoms with van der Waals surface area (Å²) < 4.78 is 5.50. The quantitative estimate of drug-likeness (QED) is 0.713. The third kappa shape index (κ3) is 2.61. The van der Waals surface area contributed by atoms with Crippen LogP contribution >= 0.6 is 11.9 Å². The van der Waals surface area contributed by atoms with Crippen molar-refractivity contribution in [1.29, 1.82) is 0 Å². The molecule has 0 saturated heterocycles. The highest BCUT2D eigenvalue weighted by Crippen LogP contribution is 2.48. The molecular weight excluding hydrogens is 182 g/mol. The fraction of sp³-hybridized carbons (Fsp3) is 1.00. The van der Waals surface area contributed by atoms with Crippen molar-refractivity contribution < 1.29 is 4.74 Å². The molecule has 1 aliphatic rings. The Morgan fingerprint density at radius 2 is 2.00 bits per heavy atom. The Balaban J connectivity index is 2.42. The second-order valence-corrected chi connectivity index (χ2v) is 5.89. The van der Waals surface area contributed by atoms with E-state index in [-0.39, 0.29) is 0 Å². The van der Waals surface area contributed by atoms with Crippen molar-refractivity contribution in [3.8, 4) is 0 Å². The van der Waals surface area contributed by atoms with Crippen LogP contribution < -0.4 is 5.14 Å². The maximum atomic E-state index is 5.57. The summed E-state index contributed by atoms with van der Waals surface area (Å²) in [7, 11) is 1.79. The average Bonchev–Trinajstić information content (AvgIpc) is 2.02. The summed E-state index contributed by atoms with van der Waals surface area (Å²) in [5, 5.41) is 5.98. The van der Waals surface area contributed by atoms with Gasteiger partial charge >= 0.3 is 0 Å². The summed E-state index contributed by atoms with van der Waals surface area (Å²) in [5.74, 6) is 0.714. The van der Waals surface area contributed by atoms with Crippen molar-refractivity contribution in [2.45, 2.75) is 45.0 Å². The van der Waals surface area contributed by atoms with E-state index in [1.165, 1.54) is 24.8 Å². The molecule has 0 aromatic carbocycles. The van der Waals surface area contributed by atoms with Crippen molar-refractivity contribution in [2.75, 3.05) is 7.11 Å². The van der Waals surface area contributed by atoms with E-state index < -0.39 is 0 Å². The predicted octanol–water partition coefficient (Wildman–Crippen LogP) is 2.43. The molecule has 2 unspecified atom stereocenters. The smallest absolute Gasteiger partial charge is 0.0728 e. The number of rotatable bonds is 4. The van der Waals surface area contributed by atoms with Crippen molar-refractivity contribution in [2.24, 2.45) is 16.5 Å². The van der Waals surface area contributed by atoms with Crippen LogP contribution in [0.25, 0.3) is 0 Å². The van der Waals surface area contributed by atoms with Crippen LogP contribution in [0, 0.1) is 11.3 Å². The van der Waals surface area contributed by atoms with Crippen molar-refractivity contribution in [1.82, 2.24) is 0 Å². The largest absolute Gasteiger partial charge is 0.380 e. The summed E-state index contributed by atoms with van der Waals surface area (Å²) in [6.07, 6.45) is 2.88. The lowest BCUT2D eigenvalue weighted by Gasteiger charge is -2.47. The number of methoxy groups -OCH3 is 1. The first kappa shape index (κ1) is 11.3. The van der Waals surface area contributed by atoms with E-state index in [1.807, 2.05) is 0 Å². The lowest BCUT2D eigenvalue weighted by atomic mass is 9.62. The highest BCUT2D eigenvalue weighted by atomic mass is 32.2. The SMILES string of the molecule is COC(C1CC(C)(C)C1)C(C)SN. The molecule has 2 atom stereocenters. The first-order valence-electron chi connectivity index (χ1n) is 4.88. The minimum absolute atomic E-state index is 0.336. The van der Waals surface area contributed by atoms with Gasteiger partial charge in [-0.3, -0.25) is 5.14 Å². The number of hydrogen-bond acceptors (Lipinski definition) is 3. The molecule has 1 aliphatic carbocycles. The highest BCUT2D eigenvalue weighted by Gasteiger charge is 2.42. The fourth-order valence-corrected chi connectivity index (χ4v) is 2.93. The zero-order valence-corrected chi connectivity index (χ0v) is 9.86. The van der Waals surface area contributed by atoms with Crippen molar-refractivity contribution >= 4 is 11.9 Å². The van der Waals surface area contributed by atoms with Crippen LogP contribution in [-0.2, 0) is 4.74 Å². The van der Waals surface area contributed by atoms with Gasteiger partial charge in [0.15, 0.2) is 0 Å². The molecule has 2 N–H and O–H groups in total. The molecule has 13 heavy (non-hydrogen) atoms. The van der Waals surface area contributed by atoms with Gasteiger partial charge in [-0.05, 0) is 31.1 Å². The van der Waals surface area contributed by atoms with E-state index in [1.54, 1.807) is 7.11 Å². The first-order valence-corrected chi connectivity index (χ1v) is 5.83. The number of ether oxygens (including phenoxy) is 1. The Kier molecular flexibility index (Phi) is 3.66. The molecule has 3 heteroatoms. The van der Waals surface area contributed by atoms with Gasteiger partial charge in [0.05, 0.1) is 6.10 Å². The van der Waals surface area contributed by atoms with Crippen LogP contribution in [-0.4, -0.2) is 18.5 Å². The van der Waals surface area contributed by atoms with E-state index >= 15 is 0 Å². The Bertz CT molecular complexity index is 164. The van der Waals surface area contributed by atoms with Gasteiger partial charge in [-0.1, -0.05) is 25.8 Å². The van der Waals surface area contributed by atoms with Crippen molar-refractivity contribution in [3.05, 3.63) is 0 Å². The molecule has 0 spiro atoms. The summed E-state index contributed by atoms with van der Waals surface area (Å²) in [6, 6.07) is 0. The van der Waals surface area contributed by atoms with E-state index in [2.05, 4.69) is 20.8 Å². The van der Waals surface area contributed by atoms with Crippen LogP contribution in [0.5, 0.6) is 0 Å². The molecule has 0 bridgehead atoms. The maximum absolute atomic E-state index is 5.57. The van der Waals surface area contributed by atoms with Gasteiger partial charge in [-0.25, -0.2) is 0 Å². The normalized spacial score (nSPS) is 26.5. The first-order chi connectivity index (χ1) is 6.00. The van der Waals surface area contributed by atoms with Gasteiger partial charge in [0.25, 0.3) is 0 Å². The zero-order chi connectivity index (χ0) is 10.1. The molecule has 1 saturated carbocycles. The van der Waals surface area contributed by atoms with Gasteiger partial charge in [-0.15, -0.1) is 0 Å². The summed E-state index contributed by atoms with van der Waals surface area (Å²) in [4.78, 5) is 0. The highest BCUT2D eigenvalue weighted by molar-refractivity contribution is 7.97. The van der Waals surface area contributed by atoms with Crippen molar-refractivity contribution in [3.63, 3.8) is 0 Å². The topological polar surface area (TPSA) is 35.2 Å². The Labute approximate surface area is 85.7 Å². The summed E-state index contributed by atoms with van der Waals surface area (Å²) >= 11 is 1.41. The van der Waals surface area contributed by atoms with Gasteiger partial charge in [0, 0.05) is 12.4 Å². The third-order valence-electron chi connectivity index (χ3n) is 3.04. The van der Waals surface area contributed by atoms with Crippen LogP contribution in [0.15, 0.2) is 0 Å². The lowest BCUT2D eigenvalue weighted by molar-refractivity contribution is -0.0357. The van der Waals surface area contributed by atoms with Gasteiger partial charge < -0.3 is 4.74 Å². The zero-order valence-electron chi connectivity index (χ0n) is 9.04. The second-order valence-electron chi connectivity index (χ2n) is 4.87. The van der Waals surface area contributed by atoms with E-state index in [0.717, 1.165) is 0 Å². The lowest BCUT2D eigenvalue weighted by Crippen LogP contribution is -2.44. The molecular formula is C10H21NOS. The standard InChI is InChI=1S/C10H21NOS/c1-7(13-11)9(12-4)8-5-10(2,3)6-8/h7-9H,5-6,11H2,1-4H3. The molecule has 0 radical (unpaired) electrons. The average molecular weight is 203 g/mol. The van der Waals surface area contributed by atoms with E-state index in [0.29, 0.717) is 22.7 Å². The molecule has 2 nitrogen and oxygen atoms in total. The Morgan fingerprint density at radius 1 is 1.46 bits per heavy atom. The van der Waals surface area contributed by atoms with E-state index in [4.69, 9.17) is 9.88 Å². The number of hydrogen-bond donors (Lipinski definition) is 1. The molecule has 0 aliphatic heterocycles. The van der Waals surface area contributed by atoms with E-state index in [9.17, 15) is 0 Å². The third-order valence-corrected chi connectivity index (χ3v) is 3.74. The molecule has 78 valence electrons. The van der Waals surface area contributed by atoms with Gasteiger partial charge in [0.2, 0.25) is 0 Å². The van der Waals surface area contributed by atoms with Gasteiger partial charge in [-0.2, -0.15) is 0 Å². The predicted molar refractivity (Wildman–Crippen MR) is 58.5 cm³/mol. The fourth-order valence-electron chi connectivity index (χ4n) is 2.44. The summed E-state index contributed by atoms with van der Waals surface area (Å²) in [6.45, 7) is 6.77. The molecule has 1 rings (SSSR count). The Hall–Kier alpha value is 0.270. The minimum Gasteiger partial charge on any atom is -0.380 e. The van der Waals surface area contributed by atoms with Crippen LogP contribution in [0.3, 0.4) is 0 Å². The molecule has 0 amide bonds. The van der Waals surface area contributed by atoms with Crippen LogP contribution in [0.1, 0.15) is 33.6 Å². The van der Waals surface area contributed by atoms with Crippen LogP contribution in [0.2, 0.25) is 0 Å². The van der Waals surface area contributed by atoms with Gasteiger partial charge in [0.1, 0.15) is 0 Å². The number of nitrogens with two attached hydrogens (primary N) is 1. The van der Waals surface area contributed by atoms with Crippen LogP contribution in [0.4, 0.5) is 0 Å². The molecule has 0 heterocycles. The Morgan fingerprint density at radius 3 is 2.31 bits per heavy atom. The molecule has 0 aromatic heterocycles. The minimum atomic E-state index is 0.336. The summed E-state index contributed by atoms with van der Waals surface area (Å²) in [5.41, 5.74) is 0.528. The second kappa shape index (κ2) is 4.20. The monoisotopic (exact) mass is 203 g/mol. The maximum Gasteiger partial charge on any atom is 0.0728 e. The molecule has 1 fully saturated rings. The molecule has 0 aromatic rings.